The summed E-state index contributed by atoms with van der Waals surface area (Å²) in [6.07, 6.45) is 1.45. The molecule has 1 N–H and O–H groups in total. The molecule has 0 aliphatic carbocycles. The Hall–Kier alpha value is -3.88. The first-order valence-electron chi connectivity index (χ1n) is 11.7. The SMILES string of the molecule is CCC(=O)OCCCOc1cccc(-c2c(NC(=O)OC(C)C)c(=O)n(CC)c3ncccc23)c1. The zero-order chi connectivity index (χ0) is 25.4. The molecule has 1 amide bonds. The van der Waals surface area contributed by atoms with Crippen LogP contribution in [0.25, 0.3) is 22.2 Å². The maximum absolute atomic E-state index is 13.4. The third kappa shape index (κ3) is 6.38. The molecule has 9 heteroatoms. The van der Waals surface area contributed by atoms with Crippen molar-refractivity contribution in [2.24, 2.45) is 0 Å². The number of carbonyl (C=O) groups excluding carboxylic acids is 2. The second kappa shape index (κ2) is 12.0. The average molecular weight is 482 g/mol. The molecule has 0 spiro atoms. The molecule has 0 fully saturated rings. The Morgan fingerprint density at radius 3 is 2.63 bits per heavy atom. The summed E-state index contributed by atoms with van der Waals surface area (Å²) in [5.74, 6) is 0.335. The van der Waals surface area contributed by atoms with Crippen molar-refractivity contribution in [2.75, 3.05) is 18.5 Å². The fourth-order valence-corrected chi connectivity index (χ4v) is 3.61. The van der Waals surface area contributed by atoms with E-state index < -0.39 is 6.09 Å². The van der Waals surface area contributed by atoms with Gasteiger partial charge in [-0.1, -0.05) is 19.1 Å². The Balaban J connectivity index is 2.00. The third-order valence-corrected chi connectivity index (χ3v) is 5.14. The van der Waals surface area contributed by atoms with Crippen LogP contribution in [-0.2, 0) is 20.8 Å². The van der Waals surface area contributed by atoms with Crippen LogP contribution in [0.15, 0.2) is 47.4 Å². The number of ether oxygens (including phenoxy) is 3. The van der Waals surface area contributed by atoms with Crippen molar-refractivity contribution in [2.45, 2.75) is 53.2 Å². The molecule has 1 aromatic carbocycles. The maximum Gasteiger partial charge on any atom is 0.412 e. The van der Waals surface area contributed by atoms with Crippen LogP contribution in [0.2, 0.25) is 0 Å². The van der Waals surface area contributed by atoms with E-state index in [0.717, 1.165) is 0 Å². The number of fused-ring (bicyclic) bond motifs is 1. The lowest BCUT2D eigenvalue weighted by atomic mass is 10.00. The van der Waals surface area contributed by atoms with Crippen LogP contribution in [0.1, 0.15) is 40.5 Å². The number of nitrogens with one attached hydrogen (secondary N) is 1. The topological polar surface area (TPSA) is 109 Å². The van der Waals surface area contributed by atoms with Crippen LogP contribution >= 0.6 is 0 Å². The van der Waals surface area contributed by atoms with Crippen LogP contribution in [0.4, 0.5) is 10.5 Å². The summed E-state index contributed by atoms with van der Waals surface area (Å²) in [4.78, 5) is 41.6. The van der Waals surface area contributed by atoms with Crippen molar-refractivity contribution < 1.29 is 23.8 Å². The zero-order valence-electron chi connectivity index (χ0n) is 20.5. The van der Waals surface area contributed by atoms with Crippen molar-refractivity contribution in [1.82, 2.24) is 9.55 Å². The lowest BCUT2D eigenvalue weighted by Crippen LogP contribution is -2.28. The van der Waals surface area contributed by atoms with E-state index in [0.29, 0.717) is 53.9 Å². The third-order valence-electron chi connectivity index (χ3n) is 5.14. The molecular formula is C26H31N3O6. The van der Waals surface area contributed by atoms with E-state index in [1.807, 2.05) is 25.1 Å². The highest BCUT2D eigenvalue weighted by atomic mass is 16.6. The van der Waals surface area contributed by atoms with E-state index in [2.05, 4.69) is 10.3 Å². The second-order valence-electron chi connectivity index (χ2n) is 8.06. The Bertz CT molecular complexity index is 1250. The Morgan fingerprint density at radius 1 is 1.11 bits per heavy atom. The molecule has 0 atom stereocenters. The number of hydrogen-bond donors (Lipinski definition) is 1. The molecule has 9 nitrogen and oxygen atoms in total. The van der Waals surface area contributed by atoms with E-state index in [1.54, 1.807) is 45.2 Å². The van der Waals surface area contributed by atoms with Gasteiger partial charge in [0.2, 0.25) is 0 Å². The predicted octanol–water partition coefficient (Wildman–Crippen LogP) is 4.76. The van der Waals surface area contributed by atoms with E-state index >= 15 is 0 Å². The van der Waals surface area contributed by atoms with E-state index in [1.165, 1.54) is 4.57 Å². The van der Waals surface area contributed by atoms with Gasteiger partial charge in [0.15, 0.2) is 0 Å². The Labute approximate surface area is 204 Å². The van der Waals surface area contributed by atoms with Crippen LogP contribution in [0, 0.1) is 0 Å². The number of amides is 1. The molecule has 0 saturated carbocycles. The summed E-state index contributed by atoms with van der Waals surface area (Å²) in [7, 11) is 0. The number of benzene rings is 1. The smallest absolute Gasteiger partial charge is 0.412 e. The maximum atomic E-state index is 13.4. The highest BCUT2D eigenvalue weighted by molar-refractivity contribution is 6.03. The van der Waals surface area contributed by atoms with Crippen molar-refractivity contribution in [3.63, 3.8) is 0 Å². The number of esters is 1. The van der Waals surface area contributed by atoms with Gasteiger partial charge in [-0.05, 0) is 50.6 Å². The van der Waals surface area contributed by atoms with Gasteiger partial charge in [0.05, 0.1) is 19.3 Å². The number of aromatic nitrogens is 2. The van der Waals surface area contributed by atoms with Gasteiger partial charge in [-0.25, -0.2) is 9.78 Å². The number of carbonyl (C=O) groups is 2. The van der Waals surface area contributed by atoms with Crippen molar-refractivity contribution in [3.8, 4) is 16.9 Å². The molecule has 2 aromatic heterocycles. The van der Waals surface area contributed by atoms with Crippen LogP contribution in [0.3, 0.4) is 0 Å². The standard InChI is InChI=1S/C26H31N3O6/c1-5-21(30)34-15-9-14-33-19-11-7-10-18(16-19)22-20-12-8-13-27-24(20)29(6-2)25(31)23(22)28-26(32)35-17(3)4/h7-8,10-13,16-17H,5-6,9,14-15H2,1-4H3,(H,28,32). The second-order valence-corrected chi connectivity index (χ2v) is 8.06. The minimum absolute atomic E-state index is 0.113. The minimum atomic E-state index is -0.710. The monoisotopic (exact) mass is 481 g/mol. The number of aryl methyl sites for hydroxylation is 1. The van der Waals surface area contributed by atoms with E-state index in [4.69, 9.17) is 14.2 Å². The average Bonchev–Trinajstić information content (AvgIpc) is 2.84. The summed E-state index contributed by atoms with van der Waals surface area (Å²) in [6.45, 7) is 8.08. The highest BCUT2D eigenvalue weighted by Gasteiger charge is 2.21. The summed E-state index contributed by atoms with van der Waals surface area (Å²) in [5, 5.41) is 3.37. The summed E-state index contributed by atoms with van der Waals surface area (Å²) < 4.78 is 17.7. The quantitative estimate of drug-likeness (QED) is 0.328. The van der Waals surface area contributed by atoms with E-state index in [9.17, 15) is 14.4 Å². The number of pyridine rings is 2. The molecule has 35 heavy (non-hydrogen) atoms. The fraction of sp³-hybridized carbons (Fsp3) is 0.385. The Kier molecular flexibility index (Phi) is 8.83. The first kappa shape index (κ1) is 25.7. The molecule has 3 rings (SSSR count). The highest BCUT2D eigenvalue weighted by Crippen LogP contribution is 2.34. The van der Waals surface area contributed by atoms with Crippen molar-refractivity contribution >= 4 is 28.8 Å². The predicted molar refractivity (Wildman–Crippen MR) is 134 cm³/mol. The molecule has 0 radical (unpaired) electrons. The molecular weight excluding hydrogens is 450 g/mol. The van der Waals surface area contributed by atoms with Crippen molar-refractivity contribution in [1.29, 1.82) is 0 Å². The molecule has 3 aromatic rings. The minimum Gasteiger partial charge on any atom is -0.493 e. The normalized spacial score (nSPS) is 10.9. The van der Waals surface area contributed by atoms with Gasteiger partial charge in [-0.2, -0.15) is 0 Å². The van der Waals surface area contributed by atoms with Crippen molar-refractivity contribution in [3.05, 3.63) is 52.9 Å². The zero-order valence-corrected chi connectivity index (χ0v) is 20.5. The van der Waals surface area contributed by atoms with Gasteiger partial charge in [-0.3, -0.25) is 19.5 Å². The van der Waals surface area contributed by atoms with Gasteiger partial charge in [0.1, 0.15) is 17.1 Å². The van der Waals surface area contributed by atoms with Crippen LogP contribution < -0.4 is 15.6 Å². The Morgan fingerprint density at radius 2 is 1.91 bits per heavy atom. The molecule has 0 aliphatic rings. The van der Waals surface area contributed by atoms with Gasteiger partial charge in [-0.15, -0.1) is 0 Å². The summed E-state index contributed by atoms with van der Waals surface area (Å²) in [5.41, 5.74) is 1.46. The van der Waals surface area contributed by atoms with Gasteiger partial charge < -0.3 is 14.2 Å². The molecule has 0 aliphatic heterocycles. The molecule has 186 valence electrons. The number of nitrogens with zero attached hydrogens (tertiary/aromatic N) is 2. The lowest BCUT2D eigenvalue weighted by Gasteiger charge is -2.18. The number of rotatable bonds is 10. The summed E-state index contributed by atoms with van der Waals surface area (Å²) >= 11 is 0. The van der Waals surface area contributed by atoms with Gasteiger partial charge in [0, 0.05) is 36.5 Å². The summed E-state index contributed by atoms with van der Waals surface area (Å²) in [6, 6.07) is 10.9. The molecule has 0 bridgehead atoms. The number of hydrogen-bond acceptors (Lipinski definition) is 7. The number of anilines is 1. The van der Waals surface area contributed by atoms with Crippen LogP contribution in [0.5, 0.6) is 5.75 Å². The first-order valence-corrected chi connectivity index (χ1v) is 11.7. The molecule has 0 saturated heterocycles. The largest absolute Gasteiger partial charge is 0.493 e. The lowest BCUT2D eigenvalue weighted by molar-refractivity contribution is -0.143. The molecule has 0 unspecified atom stereocenters. The van der Waals surface area contributed by atoms with E-state index in [-0.39, 0.29) is 29.9 Å². The fourth-order valence-electron chi connectivity index (χ4n) is 3.61. The van der Waals surface area contributed by atoms with Gasteiger partial charge in [0.25, 0.3) is 5.56 Å². The van der Waals surface area contributed by atoms with Crippen LogP contribution in [-0.4, -0.2) is 40.9 Å². The molecule has 2 heterocycles. The van der Waals surface area contributed by atoms with Gasteiger partial charge >= 0.3 is 12.1 Å². The first-order chi connectivity index (χ1) is 16.8.